The average Bonchev–Trinajstić information content (AvgIpc) is 3.31. The third-order valence-corrected chi connectivity index (χ3v) is 6.64. The summed E-state index contributed by atoms with van der Waals surface area (Å²) in [5.74, 6) is -3.20. The van der Waals surface area contributed by atoms with Gasteiger partial charge in [0.1, 0.15) is 30.2 Å². The summed E-state index contributed by atoms with van der Waals surface area (Å²) < 4.78 is 36.0. The van der Waals surface area contributed by atoms with Crippen molar-refractivity contribution >= 4 is 11.6 Å². The third-order valence-electron chi connectivity index (χ3n) is 6.27. The van der Waals surface area contributed by atoms with Crippen molar-refractivity contribution in [3.8, 4) is 5.75 Å². The highest BCUT2D eigenvalue weighted by Gasteiger charge is 2.55. The Morgan fingerprint density at radius 2 is 1.86 bits per heavy atom. The zero-order valence-corrected chi connectivity index (χ0v) is 19.8. The van der Waals surface area contributed by atoms with Crippen molar-refractivity contribution in [1.82, 2.24) is 0 Å². The van der Waals surface area contributed by atoms with Crippen molar-refractivity contribution in [3.63, 3.8) is 0 Å². The molecule has 0 aliphatic carbocycles. The van der Waals surface area contributed by atoms with E-state index in [0.717, 1.165) is 5.56 Å². The second kappa shape index (κ2) is 10.4. The number of hydrogen-bond acceptors (Lipinski definition) is 8. The molecule has 0 spiro atoms. The molecule has 0 radical (unpaired) electrons. The molecule has 2 aromatic rings. The summed E-state index contributed by atoms with van der Waals surface area (Å²) in [5.41, 5.74) is 1.92. The van der Waals surface area contributed by atoms with Crippen LogP contribution in [0, 0.1) is 0 Å². The van der Waals surface area contributed by atoms with Gasteiger partial charge in [-0.3, -0.25) is 0 Å². The number of halogens is 2. The third kappa shape index (κ3) is 5.17. The SMILES string of the molecule is COC1(c2ccc(Cl)c(Cc3ccc(OCC4(F)CC=CO4)cc3)c2)O[C@H](CO)[C@@H](O)[C@H](O)[C@H]1O. The van der Waals surface area contributed by atoms with Crippen molar-refractivity contribution in [2.45, 2.75) is 48.9 Å². The summed E-state index contributed by atoms with van der Waals surface area (Å²) >= 11 is 6.43. The molecule has 190 valence electrons. The van der Waals surface area contributed by atoms with Gasteiger partial charge in [-0.25, -0.2) is 0 Å². The number of methoxy groups -OCH3 is 1. The lowest BCUT2D eigenvalue weighted by Gasteiger charge is -2.47. The zero-order valence-electron chi connectivity index (χ0n) is 19.0. The monoisotopic (exact) mass is 510 g/mol. The van der Waals surface area contributed by atoms with Crippen molar-refractivity contribution in [1.29, 1.82) is 0 Å². The topological polar surface area (TPSA) is 118 Å². The number of aliphatic hydroxyl groups is 4. The lowest BCUT2D eigenvalue weighted by Crippen LogP contribution is -2.64. The van der Waals surface area contributed by atoms with Crippen LogP contribution in [0.3, 0.4) is 0 Å². The van der Waals surface area contributed by atoms with Crippen LogP contribution in [0.2, 0.25) is 5.02 Å². The predicted octanol–water partition coefficient (Wildman–Crippen LogP) is 2.18. The van der Waals surface area contributed by atoms with Crippen molar-refractivity contribution < 1.29 is 43.8 Å². The maximum absolute atomic E-state index is 14.3. The number of ether oxygens (including phenoxy) is 4. The zero-order chi connectivity index (χ0) is 25.2. The van der Waals surface area contributed by atoms with Gasteiger partial charge in [0.15, 0.2) is 6.61 Å². The summed E-state index contributed by atoms with van der Waals surface area (Å²) in [6, 6.07) is 11.9. The molecule has 6 atom stereocenters. The maximum Gasteiger partial charge on any atom is 0.284 e. The molecule has 0 bridgehead atoms. The Hall–Kier alpha value is -2.24. The molecule has 2 heterocycles. The van der Waals surface area contributed by atoms with Crippen LogP contribution in [0.1, 0.15) is 23.1 Å². The number of benzene rings is 2. The minimum Gasteiger partial charge on any atom is -0.486 e. The van der Waals surface area contributed by atoms with Gasteiger partial charge in [0.2, 0.25) is 5.79 Å². The molecule has 10 heteroatoms. The fourth-order valence-electron chi connectivity index (χ4n) is 4.24. The maximum atomic E-state index is 14.3. The first-order valence-corrected chi connectivity index (χ1v) is 11.5. The van der Waals surface area contributed by atoms with Crippen LogP contribution < -0.4 is 4.74 Å². The van der Waals surface area contributed by atoms with Gasteiger partial charge in [-0.1, -0.05) is 29.8 Å². The fraction of sp³-hybridized carbons (Fsp3) is 0.440. The van der Waals surface area contributed by atoms with Gasteiger partial charge in [-0.2, -0.15) is 4.39 Å². The van der Waals surface area contributed by atoms with E-state index in [4.69, 9.17) is 30.5 Å². The largest absolute Gasteiger partial charge is 0.486 e. The van der Waals surface area contributed by atoms with E-state index < -0.39 is 42.7 Å². The highest BCUT2D eigenvalue weighted by molar-refractivity contribution is 6.31. The van der Waals surface area contributed by atoms with E-state index in [1.54, 1.807) is 36.4 Å². The molecule has 2 aliphatic heterocycles. The molecule has 35 heavy (non-hydrogen) atoms. The second-order valence-corrected chi connectivity index (χ2v) is 9.04. The Morgan fingerprint density at radius 3 is 2.49 bits per heavy atom. The summed E-state index contributed by atoms with van der Waals surface area (Å²) in [6.45, 7) is -0.818. The molecule has 4 N–H and O–H groups in total. The fourth-order valence-corrected chi connectivity index (χ4v) is 4.43. The first-order chi connectivity index (χ1) is 16.7. The normalized spacial score (nSPS) is 32.4. The van der Waals surface area contributed by atoms with E-state index in [1.165, 1.54) is 13.4 Å². The summed E-state index contributed by atoms with van der Waals surface area (Å²) in [4.78, 5) is 0. The van der Waals surface area contributed by atoms with Crippen LogP contribution in [0.15, 0.2) is 54.8 Å². The van der Waals surface area contributed by atoms with E-state index in [-0.39, 0.29) is 13.0 Å². The van der Waals surface area contributed by atoms with Gasteiger partial charge in [0.05, 0.1) is 12.9 Å². The van der Waals surface area contributed by atoms with Crippen molar-refractivity contribution in [2.75, 3.05) is 20.3 Å². The van der Waals surface area contributed by atoms with Crippen LogP contribution >= 0.6 is 11.6 Å². The van der Waals surface area contributed by atoms with E-state index in [2.05, 4.69) is 0 Å². The standard InChI is InChI=1S/C25H28ClFO8/c1-32-25(23(31)22(30)21(29)20(13-28)35-25)17-5-8-19(26)16(12-17)11-15-3-6-18(7-4-15)33-14-24(27)9-2-10-34-24/h2-8,10,12,20-23,28-31H,9,11,13-14H2,1H3/t20-,21-,22+,23-,24?,25?/m1/s1. The molecule has 8 nitrogen and oxygen atoms in total. The van der Waals surface area contributed by atoms with E-state index in [1.807, 2.05) is 12.1 Å². The van der Waals surface area contributed by atoms with Crippen LogP contribution in [0.5, 0.6) is 5.75 Å². The molecule has 0 saturated carbocycles. The van der Waals surface area contributed by atoms with Crippen molar-refractivity contribution in [3.05, 3.63) is 76.5 Å². The first kappa shape index (κ1) is 25.8. The highest BCUT2D eigenvalue weighted by atomic mass is 35.5. The van der Waals surface area contributed by atoms with Gasteiger partial charge in [0.25, 0.3) is 5.85 Å². The van der Waals surface area contributed by atoms with Gasteiger partial charge in [-0.15, -0.1) is 0 Å². The van der Waals surface area contributed by atoms with Crippen LogP contribution in [0.25, 0.3) is 0 Å². The Kier molecular flexibility index (Phi) is 7.68. The smallest absolute Gasteiger partial charge is 0.284 e. The minimum absolute atomic E-state index is 0.135. The number of hydrogen-bond donors (Lipinski definition) is 4. The van der Waals surface area contributed by atoms with E-state index >= 15 is 0 Å². The van der Waals surface area contributed by atoms with Gasteiger partial charge >= 0.3 is 0 Å². The van der Waals surface area contributed by atoms with Gasteiger partial charge in [-0.05, 0) is 47.9 Å². The van der Waals surface area contributed by atoms with Gasteiger partial charge in [0, 0.05) is 24.1 Å². The second-order valence-electron chi connectivity index (χ2n) is 8.63. The summed E-state index contributed by atoms with van der Waals surface area (Å²) in [5, 5.41) is 41.2. The van der Waals surface area contributed by atoms with Gasteiger partial charge < -0.3 is 39.4 Å². The van der Waals surface area contributed by atoms with Crippen LogP contribution in [-0.4, -0.2) is 71.0 Å². The number of aliphatic hydroxyl groups excluding tert-OH is 4. The molecule has 1 saturated heterocycles. The molecule has 2 unspecified atom stereocenters. The van der Waals surface area contributed by atoms with E-state index in [0.29, 0.717) is 28.3 Å². The molecular weight excluding hydrogens is 483 g/mol. The quantitative estimate of drug-likeness (QED) is 0.427. The van der Waals surface area contributed by atoms with Crippen LogP contribution in [-0.2, 0) is 26.4 Å². The van der Waals surface area contributed by atoms with E-state index in [9.17, 15) is 24.8 Å². The van der Waals surface area contributed by atoms with Crippen molar-refractivity contribution in [2.24, 2.45) is 0 Å². The molecule has 2 aliphatic rings. The molecule has 2 aromatic carbocycles. The Bertz CT molecular complexity index is 1040. The predicted molar refractivity (Wildman–Crippen MR) is 124 cm³/mol. The molecule has 0 amide bonds. The minimum atomic E-state index is -1.85. The lowest BCUT2D eigenvalue weighted by atomic mass is 9.87. The summed E-state index contributed by atoms with van der Waals surface area (Å²) in [7, 11) is 1.29. The lowest BCUT2D eigenvalue weighted by molar-refractivity contribution is -0.366. The Balaban J connectivity index is 1.52. The number of alkyl halides is 1. The molecular formula is C25H28ClFO8. The first-order valence-electron chi connectivity index (χ1n) is 11.1. The van der Waals surface area contributed by atoms with Crippen LogP contribution in [0.4, 0.5) is 4.39 Å². The highest BCUT2D eigenvalue weighted by Crippen LogP contribution is 2.40. The molecule has 0 aromatic heterocycles. The Morgan fingerprint density at radius 1 is 1.11 bits per heavy atom. The average molecular weight is 511 g/mol. The summed E-state index contributed by atoms with van der Waals surface area (Å²) in [6.07, 6.45) is -2.45. The molecule has 4 rings (SSSR count). The Labute approximate surface area is 207 Å². The molecule has 1 fully saturated rings. The number of rotatable bonds is 8.